The summed E-state index contributed by atoms with van der Waals surface area (Å²) in [5.41, 5.74) is 1.90. The molecule has 0 unspecified atom stereocenters. The van der Waals surface area contributed by atoms with Crippen LogP contribution in [-0.2, 0) is 0 Å². The number of aliphatic hydroxyl groups excluding tert-OH is 1. The number of hydrogen-bond donors (Lipinski definition) is 2. The van der Waals surface area contributed by atoms with E-state index < -0.39 is 0 Å². The van der Waals surface area contributed by atoms with Crippen molar-refractivity contribution in [2.75, 3.05) is 13.7 Å². The summed E-state index contributed by atoms with van der Waals surface area (Å²) in [6.45, 7) is 0.0892. The van der Waals surface area contributed by atoms with Crippen LogP contribution in [-0.4, -0.2) is 18.8 Å². The Kier molecular flexibility index (Phi) is 3.51. The molecule has 68 valence electrons. The summed E-state index contributed by atoms with van der Waals surface area (Å²) in [6, 6.07) is 7.58. The third-order valence-corrected chi connectivity index (χ3v) is 2.01. The minimum Gasteiger partial charge on any atom is -0.394 e. The summed E-state index contributed by atoms with van der Waals surface area (Å²) < 4.78 is 0. The Hall–Kier alpha value is -1.30. The van der Waals surface area contributed by atoms with Gasteiger partial charge in [0.2, 0.25) is 0 Å². The van der Waals surface area contributed by atoms with E-state index in [-0.39, 0.29) is 12.6 Å². The quantitative estimate of drug-likeness (QED) is 0.669. The maximum Gasteiger partial charge on any atom is 0.0626 e. The molecular weight excluding hydrogens is 162 g/mol. The number of benzene rings is 1. The van der Waals surface area contributed by atoms with Crippen LogP contribution < -0.4 is 5.32 Å². The number of terminal acetylenes is 1. The minimum absolute atomic E-state index is 0.00757. The Labute approximate surface area is 78.6 Å². The molecule has 2 N–H and O–H groups in total. The van der Waals surface area contributed by atoms with Gasteiger partial charge in [-0.1, -0.05) is 18.1 Å². The fraction of sp³-hybridized carbons (Fsp3) is 0.273. The van der Waals surface area contributed by atoms with Crippen LogP contribution in [0.4, 0.5) is 0 Å². The van der Waals surface area contributed by atoms with Crippen molar-refractivity contribution in [3.63, 3.8) is 0 Å². The molecule has 2 nitrogen and oxygen atoms in total. The first-order valence-corrected chi connectivity index (χ1v) is 4.16. The summed E-state index contributed by atoms with van der Waals surface area (Å²) in [5, 5.41) is 12.0. The van der Waals surface area contributed by atoms with Crippen LogP contribution in [0.1, 0.15) is 17.2 Å². The molecule has 1 rings (SSSR count). The van der Waals surface area contributed by atoms with E-state index in [9.17, 15) is 0 Å². The molecule has 0 fully saturated rings. The molecule has 0 heterocycles. The molecule has 1 aromatic rings. The van der Waals surface area contributed by atoms with E-state index in [0.29, 0.717) is 0 Å². The molecule has 0 aliphatic heterocycles. The first-order valence-electron chi connectivity index (χ1n) is 4.16. The Morgan fingerprint density at radius 2 is 2.08 bits per heavy atom. The first-order chi connectivity index (χ1) is 6.31. The van der Waals surface area contributed by atoms with Gasteiger partial charge in [0.25, 0.3) is 0 Å². The molecule has 0 saturated carbocycles. The predicted octanol–water partition coefficient (Wildman–Crippen LogP) is 0.921. The van der Waals surface area contributed by atoms with E-state index in [1.807, 2.05) is 31.3 Å². The lowest BCUT2D eigenvalue weighted by atomic mass is 10.1. The van der Waals surface area contributed by atoms with E-state index >= 15 is 0 Å². The zero-order valence-electron chi connectivity index (χ0n) is 7.62. The minimum atomic E-state index is -0.00757. The molecule has 0 saturated heterocycles. The van der Waals surface area contributed by atoms with Crippen molar-refractivity contribution in [3.05, 3.63) is 35.4 Å². The van der Waals surface area contributed by atoms with Crippen molar-refractivity contribution >= 4 is 0 Å². The van der Waals surface area contributed by atoms with Crippen molar-refractivity contribution < 1.29 is 5.11 Å². The number of likely N-dealkylation sites (N-methyl/N-ethyl adjacent to an activating group) is 1. The molecule has 0 aromatic heterocycles. The summed E-state index contributed by atoms with van der Waals surface area (Å²) >= 11 is 0. The van der Waals surface area contributed by atoms with Crippen molar-refractivity contribution in [2.45, 2.75) is 6.04 Å². The fourth-order valence-electron chi connectivity index (χ4n) is 1.18. The molecule has 1 aromatic carbocycles. The summed E-state index contributed by atoms with van der Waals surface area (Å²) in [7, 11) is 1.82. The molecule has 0 aliphatic rings. The monoisotopic (exact) mass is 175 g/mol. The van der Waals surface area contributed by atoms with Crippen molar-refractivity contribution in [3.8, 4) is 12.3 Å². The smallest absolute Gasteiger partial charge is 0.0626 e. The van der Waals surface area contributed by atoms with E-state index in [1.54, 1.807) is 0 Å². The highest BCUT2D eigenvalue weighted by molar-refractivity contribution is 5.35. The Morgan fingerprint density at radius 1 is 1.46 bits per heavy atom. The van der Waals surface area contributed by atoms with Gasteiger partial charge in [-0.15, -0.1) is 6.42 Å². The number of hydrogen-bond acceptors (Lipinski definition) is 2. The molecule has 13 heavy (non-hydrogen) atoms. The zero-order chi connectivity index (χ0) is 9.68. The average Bonchev–Trinajstić information content (AvgIpc) is 2.21. The molecule has 0 spiro atoms. The zero-order valence-corrected chi connectivity index (χ0v) is 7.62. The maximum absolute atomic E-state index is 9.00. The fourth-order valence-corrected chi connectivity index (χ4v) is 1.18. The topological polar surface area (TPSA) is 32.3 Å². The van der Waals surface area contributed by atoms with Gasteiger partial charge >= 0.3 is 0 Å². The van der Waals surface area contributed by atoms with E-state index in [2.05, 4.69) is 11.2 Å². The second-order valence-corrected chi connectivity index (χ2v) is 2.79. The Morgan fingerprint density at radius 3 is 2.46 bits per heavy atom. The second kappa shape index (κ2) is 4.66. The van der Waals surface area contributed by atoms with Gasteiger partial charge in [-0.05, 0) is 24.7 Å². The molecule has 0 aliphatic carbocycles. The molecule has 0 radical (unpaired) electrons. The largest absolute Gasteiger partial charge is 0.394 e. The van der Waals surface area contributed by atoms with Gasteiger partial charge in [0.1, 0.15) is 0 Å². The third-order valence-electron chi connectivity index (χ3n) is 2.01. The SMILES string of the molecule is C#Cc1ccc([C@@H](CO)NC)cc1. The van der Waals surface area contributed by atoms with Gasteiger partial charge in [-0.2, -0.15) is 0 Å². The van der Waals surface area contributed by atoms with Crippen molar-refractivity contribution in [1.82, 2.24) is 5.32 Å². The first kappa shape index (κ1) is 9.79. The maximum atomic E-state index is 9.00. The lowest BCUT2D eigenvalue weighted by Crippen LogP contribution is -2.19. The van der Waals surface area contributed by atoms with E-state index in [1.165, 1.54) is 0 Å². The lowest BCUT2D eigenvalue weighted by Gasteiger charge is -2.12. The highest BCUT2D eigenvalue weighted by Crippen LogP contribution is 2.12. The Balaban J connectivity index is 2.85. The van der Waals surface area contributed by atoms with Crippen LogP contribution in [0.3, 0.4) is 0 Å². The van der Waals surface area contributed by atoms with Gasteiger partial charge in [0.05, 0.1) is 12.6 Å². The number of rotatable bonds is 3. The summed E-state index contributed by atoms with van der Waals surface area (Å²) in [5.74, 6) is 2.55. The molecular formula is C11H13NO. The lowest BCUT2D eigenvalue weighted by molar-refractivity contribution is 0.251. The standard InChI is InChI=1S/C11H13NO/c1-3-9-4-6-10(7-5-9)11(8-13)12-2/h1,4-7,11-13H,8H2,2H3/t11-/m1/s1. The van der Waals surface area contributed by atoms with Crippen LogP contribution in [0, 0.1) is 12.3 Å². The highest BCUT2D eigenvalue weighted by Gasteiger charge is 2.05. The summed E-state index contributed by atoms with van der Waals surface area (Å²) in [4.78, 5) is 0. The van der Waals surface area contributed by atoms with E-state index in [0.717, 1.165) is 11.1 Å². The van der Waals surface area contributed by atoms with Crippen LogP contribution in [0.5, 0.6) is 0 Å². The van der Waals surface area contributed by atoms with Gasteiger partial charge in [0.15, 0.2) is 0 Å². The van der Waals surface area contributed by atoms with Crippen LogP contribution in [0.25, 0.3) is 0 Å². The third kappa shape index (κ3) is 2.32. The number of aliphatic hydroxyl groups is 1. The average molecular weight is 175 g/mol. The number of nitrogens with one attached hydrogen (secondary N) is 1. The highest BCUT2D eigenvalue weighted by atomic mass is 16.3. The van der Waals surface area contributed by atoms with Crippen LogP contribution in [0.2, 0.25) is 0 Å². The van der Waals surface area contributed by atoms with E-state index in [4.69, 9.17) is 11.5 Å². The van der Waals surface area contributed by atoms with Gasteiger partial charge in [0, 0.05) is 5.56 Å². The second-order valence-electron chi connectivity index (χ2n) is 2.79. The van der Waals surface area contributed by atoms with Crippen molar-refractivity contribution in [1.29, 1.82) is 0 Å². The van der Waals surface area contributed by atoms with Gasteiger partial charge < -0.3 is 10.4 Å². The molecule has 1 atom stereocenters. The van der Waals surface area contributed by atoms with Crippen LogP contribution >= 0.6 is 0 Å². The normalized spacial score (nSPS) is 12.1. The van der Waals surface area contributed by atoms with Crippen LogP contribution in [0.15, 0.2) is 24.3 Å². The predicted molar refractivity (Wildman–Crippen MR) is 53.3 cm³/mol. The Bertz CT molecular complexity index is 293. The molecule has 0 amide bonds. The summed E-state index contributed by atoms with van der Waals surface area (Å²) in [6.07, 6.45) is 5.23. The van der Waals surface area contributed by atoms with Gasteiger partial charge in [-0.25, -0.2) is 0 Å². The molecule has 2 heteroatoms. The molecule has 0 bridgehead atoms. The van der Waals surface area contributed by atoms with Crippen molar-refractivity contribution in [2.24, 2.45) is 0 Å². The van der Waals surface area contributed by atoms with Gasteiger partial charge in [-0.3, -0.25) is 0 Å².